The number of aromatic amines is 1. The third-order valence-corrected chi connectivity index (χ3v) is 2.89. The maximum absolute atomic E-state index is 5.84. The maximum Gasteiger partial charge on any atom is 0.221 e. The summed E-state index contributed by atoms with van der Waals surface area (Å²) in [5, 5.41) is 8.26. The molecule has 0 atom stereocenters. The summed E-state index contributed by atoms with van der Waals surface area (Å²) in [5.41, 5.74) is 14.9. The first-order chi connectivity index (χ1) is 8.65. The first-order valence-corrected chi connectivity index (χ1v) is 5.48. The minimum atomic E-state index is 0.174. The lowest BCUT2D eigenvalue weighted by Crippen LogP contribution is -2.00. The predicted molar refractivity (Wildman–Crippen MR) is 70.7 cm³/mol. The number of hydrogen-bond donors (Lipinski definition) is 3. The molecule has 0 aliphatic rings. The third-order valence-electron chi connectivity index (χ3n) is 2.89. The average molecular weight is 240 g/mol. The second kappa shape index (κ2) is 3.69. The number of nitrogen functional groups attached to an aromatic ring is 2. The van der Waals surface area contributed by atoms with Gasteiger partial charge in [-0.1, -0.05) is 12.1 Å². The molecule has 3 aromatic rings. The van der Waals surface area contributed by atoms with Crippen LogP contribution in [0, 0.1) is 6.92 Å². The van der Waals surface area contributed by atoms with Gasteiger partial charge in [-0.2, -0.15) is 10.1 Å². The fraction of sp³-hybridized carbons (Fsp3) is 0.0833. The number of aryl methyl sites for hydroxylation is 1. The monoisotopic (exact) mass is 240 g/mol. The van der Waals surface area contributed by atoms with E-state index in [9.17, 15) is 0 Å². The zero-order valence-corrected chi connectivity index (χ0v) is 9.81. The summed E-state index contributed by atoms with van der Waals surface area (Å²) in [5.74, 6) is 0.544. The van der Waals surface area contributed by atoms with Gasteiger partial charge in [0.2, 0.25) is 5.95 Å². The lowest BCUT2D eigenvalue weighted by Gasteiger charge is -2.04. The van der Waals surface area contributed by atoms with Crippen LogP contribution >= 0.6 is 0 Å². The van der Waals surface area contributed by atoms with Crippen molar-refractivity contribution in [2.75, 3.05) is 11.5 Å². The zero-order valence-electron chi connectivity index (χ0n) is 9.81. The van der Waals surface area contributed by atoms with Crippen LogP contribution in [0.1, 0.15) is 5.69 Å². The molecule has 2 aromatic heterocycles. The minimum Gasteiger partial charge on any atom is -0.383 e. The molecule has 5 N–H and O–H groups in total. The Morgan fingerprint density at radius 1 is 1.22 bits per heavy atom. The molecule has 90 valence electrons. The number of nitrogens with two attached hydrogens (primary N) is 2. The van der Waals surface area contributed by atoms with Crippen molar-refractivity contribution in [2.45, 2.75) is 6.92 Å². The predicted octanol–water partition coefficient (Wildman–Crippen LogP) is 1.49. The number of nitrogens with zero attached hydrogens (tertiary/aromatic N) is 3. The van der Waals surface area contributed by atoms with Crippen molar-refractivity contribution in [1.82, 2.24) is 20.2 Å². The molecule has 0 aliphatic heterocycles. The van der Waals surface area contributed by atoms with Crippen LogP contribution in [0.5, 0.6) is 0 Å². The minimum absolute atomic E-state index is 0.174. The number of anilines is 2. The summed E-state index contributed by atoms with van der Waals surface area (Å²) < 4.78 is 0. The number of rotatable bonds is 1. The highest BCUT2D eigenvalue weighted by Gasteiger charge is 2.08. The summed E-state index contributed by atoms with van der Waals surface area (Å²) in [7, 11) is 0. The van der Waals surface area contributed by atoms with Gasteiger partial charge in [0.05, 0.1) is 5.52 Å². The Hall–Kier alpha value is -2.63. The van der Waals surface area contributed by atoms with Crippen LogP contribution in [0.25, 0.3) is 22.0 Å². The van der Waals surface area contributed by atoms with Crippen LogP contribution in [0.2, 0.25) is 0 Å². The summed E-state index contributed by atoms with van der Waals surface area (Å²) in [6, 6.07) is 5.92. The standard InChI is InChI=1S/C12H12N6/c1-6-8-3-2-7(4-10(8)18-17-6)9-5-15-12(14)16-11(9)13/h2-5H,1H3,(H,17,18)(H4,13,14,15,16). The fourth-order valence-electron chi connectivity index (χ4n) is 1.94. The third kappa shape index (κ3) is 1.55. The first kappa shape index (κ1) is 10.5. The number of hydrogen-bond acceptors (Lipinski definition) is 5. The number of benzene rings is 1. The van der Waals surface area contributed by atoms with E-state index in [0.717, 1.165) is 27.7 Å². The Morgan fingerprint density at radius 3 is 2.83 bits per heavy atom. The van der Waals surface area contributed by atoms with Gasteiger partial charge < -0.3 is 11.5 Å². The zero-order chi connectivity index (χ0) is 12.7. The first-order valence-electron chi connectivity index (χ1n) is 5.48. The van der Waals surface area contributed by atoms with E-state index < -0.39 is 0 Å². The van der Waals surface area contributed by atoms with E-state index in [-0.39, 0.29) is 5.95 Å². The Morgan fingerprint density at radius 2 is 2.06 bits per heavy atom. The molecule has 0 spiro atoms. The molecule has 0 unspecified atom stereocenters. The molecule has 0 bridgehead atoms. The molecule has 0 amide bonds. The van der Waals surface area contributed by atoms with Crippen molar-refractivity contribution >= 4 is 22.7 Å². The molecule has 1 aromatic carbocycles. The van der Waals surface area contributed by atoms with Gasteiger partial charge in [0.1, 0.15) is 5.82 Å². The maximum atomic E-state index is 5.84. The van der Waals surface area contributed by atoms with E-state index in [0.29, 0.717) is 5.82 Å². The van der Waals surface area contributed by atoms with Gasteiger partial charge in [0.15, 0.2) is 0 Å². The van der Waals surface area contributed by atoms with Gasteiger partial charge in [-0.3, -0.25) is 5.10 Å². The van der Waals surface area contributed by atoms with E-state index in [2.05, 4.69) is 20.2 Å². The summed E-state index contributed by atoms with van der Waals surface area (Å²) in [4.78, 5) is 7.91. The highest BCUT2D eigenvalue weighted by Crippen LogP contribution is 2.27. The Bertz CT molecular complexity index is 731. The van der Waals surface area contributed by atoms with Crippen LogP contribution in [0.15, 0.2) is 24.4 Å². The van der Waals surface area contributed by atoms with Crippen LogP contribution in [0.3, 0.4) is 0 Å². The summed E-state index contributed by atoms with van der Waals surface area (Å²) >= 11 is 0. The van der Waals surface area contributed by atoms with E-state index in [1.54, 1.807) is 6.20 Å². The average Bonchev–Trinajstić information content (AvgIpc) is 2.71. The van der Waals surface area contributed by atoms with Gasteiger partial charge >= 0.3 is 0 Å². The van der Waals surface area contributed by atoms with E-state index in [1.165, 1.54) is 0 Å². The van der Waals surface area contributed by atoms with E-state index in [4.69, 9.17) is 11.5 Å². The largest absolute Gasteiger partial charge is 0.383 e. The second-order valence-electron chi connectivity index (χ2n) is 4.11. The molecular weight excluding hydrogens is 228 g/mol. The van der Waals surface area contributed by atoms with E-state index >= 15 is 0 Å². The Kier molecular flexibility index (Phi) is 2.16. The lowest BCUT2D eigenvalue weighted by atomic mass is 10.1. The van der Waals surface area contributed by atoms with Crippen LogP contribution in [0.4, 0.5) is 11.8 Å². The smallest absolute Gasteiger partial charge is 0.221 e. The molecule has 18 heavy (non-hydrogen) atoms. The van der Waals surface area contributed by atoms with Crippen molar-refractivity contribution < 1.29 is 0 Å². The van der Waals surface area contributed by atoms with Crippen molar-refractivity contribution in [3.63, 3.8) is 0 Å². The molecule has 0 aliphatic carbocycles. The number of nitrogens with one attached hydrogen (secondary N) is 1. The van der Waals surface area contributed by atoms with Crippen molar-refractivity contribution in [3.8, 4) is 11.1 Å². The molecule has 0 saturated heterocycles. The summed E-state index contributed by atoms with van der Waals surface area (Å²) in [6.45, 7) is 1.98. The Labute approximate surface area is 103 Å². The topological polar surface area (TPSA) is 106 Å². The molecule has 3 rings (SSSR count). The van der Waals surface area contributed by atoms with Gasteiger partial charge in [-0.25, -0.2) is 4.98 Å². The molecular formula is C12H12N6. The lowest BCUT2D eigenvalue weighted by molar-refractivity contribution is 1.07. The van der Waals surface area contributed by atoms with Crippen LogP contribution in [-0.4, -0.2) is 20.2 Å². The summed E-state index contributed by atoms with van der Waals surface area (Å²) in [6.07, 6.45) is 1.62. The van der Waals surface area contributed by atoms with Crippen LogP contribution in [-0.2, 0) is 0 Å². The molecule has 6 nitrogen and oxygen atoms in total. The fourth-order valence-corrected chi connectivity index (χ4v) is 1.94. The quantitative estimate of drug-likeness (QED) is 0.597. The van der Waals surface area contributed by atoms with E-state index in [1.807, 2.05) is 25.1 Å². The Balaban J connectivity index is 2.19. The second-order valence-corrected chi connectivity index (χ2v) is 4.11. The van der Waals surface area contributed by atoms with Gasteiger partial charge in [0, 0.05) is 22.8 Å². The van der Waals surface area contributed by atoms with Crippen molar-refractivity contribution in [3.05, 3.63) is 30.1 Å². The number of fused-ring (bicyclic) bond motifs is 1. The van der Waals surface area contributed by atoms with Gasteiger partial charge in [-0.15, -0.1) is 0 Å². The van der Waals surface area contributed by atoms with Crippen molar-refractivity contribution in [1.29, 1.82) is 0 Å². The number of aromatic nitrogens is 4. The molecule has 2 heterocycles. The van der Waals surface area contributed by atoms with Gasteiger partial charge in [0.25, 0.3) is 0 Å². The van der Waals surface area contributed by atoms with Gasteiger partial charge in [-0.05, 0) is 18.6 Å². The number of H-pyrrole nitrogens is 1. The molecule has 0 fully saturated rings. The SMILES string of the molecule is Cc1[nH]nc2cc(-c3cnc(N)nc3N)ccc12. The highest BCUT2D eigenvalue weighted by molar-refractivity contribution is 5.87. The van der Waals surface area contributed by atoms with Crippen LogP contribution < -0.4 is 11.5 Å². The van der Waals surface area contributed by atoms with Crippen molar-refractivity contribution in [2.24, 2.45) is 0 Å². The molecule has 6 heteroatoms. The molecule has 0 saturated carbocycles. The molecule has 0 radical (unpaired) electrons. The normalized spacial score (nSPS) is 10.9. The highest BCUT2D eigenvalue weighted by atomic mass is 15.1.